The third-order valence-electron chi connectivity index (χ3n) is 2.84. The van der Waals surface area contributed by atoms with Crippen molar-refractivity contribution in [1.82, 2.24) is 0 Å². The Labute approximate surface area is 96.9 Å². The van der Waals surface area contributed by atoms with Crippen LogP contribution >= 0.6 is 0 Å². The van der Waals surface area contributed by atoms with Gasteiger partial charge >= 0.3 is 0 Å². The van der Waals surface area contributed by atoms with Gasteiger partial charge in [0.15, 0.2) is 0 Å². The quantitative estimate of drug-likeness (QED) is 0.658. The maximum absolute atomic E-state index is 4.03. The van der Waals surface area contributed by atoms with Crippen molar-refractivity contribution in [2.45, 2.75) is 13.8 Å². The van der Waals surface area contributed by atoms with Gasteiger partial charge in [-0.15, -0.1) is 0 Å². The number of allylic oxidation sites excluding steroid dienone is 2. The molecule has 0 aromatic heterocycles. The first-order chi connectivity index (χ1) is 7.61. The van der Waals surface area contributed by atoms with E-state index < -0.39 is 0 Å². The van der Waals surface area contributed by atoms with Crippen LogP contribution in [0.5, 0.6) is 0 Å². The second-order valence-corrected chi connectivity index (χ2v) is 4.27. The molecule has 0 radical (unpaired) electrons. The molecular weight excluding hydrogens is 192 g/mol. The normalized spacial score (nSPS) is 10.4. The van der Waals surface area contributed by atoms with Crippen LogP contribution in [0.15, 0.2) is 49.6 Å². The summed E-state index contributed by atoms with van der Waals surface area (Å²) < 4.78 is 0. The largest absolute Gasteiger partial charge is 0.0955 e. The Morgan fingerprint density at radius 3 is 1.44 bits per heavy atom. The molecule has 0 saturated heterocycles. The van der Waals surface area contributed by atoms with Crippen LogP contribution in [0, 0.1) is 0 Å². The van der Waals surface area contributed by atoms with Crippen molar-refractivity contribution in [2.24, 2.45) is 0 Å². The summed E-state index contributed by atoms with van der Waals surface area (Å²) in [7, 11) is 0. The van der Waals surface area contributed by atoms with Gasteiger partial charge in [0.05, 0.1) is 0 Å². The van der Waals surface area contributed by atoms with Crippen molar-refractivity contribution >= 4 is 21.9 Å². The summed E-state index contributed by atoms with van der Waals surface area (Å²) in [5.41, 5.74) is 4.65. The molecule has 0 heterocycles. The van der Waals surface area contributed by atoms with Gasteiger partial charge < -0.3 is 0 Å². The van der Waals surface area contributed by atoms with Crippen LogP contribution < -0.4 is 0 Å². The highest BCUT2D eigenvalue weighted by Gasteiger charge is 2.05. The number of rotatable bonds is 2. The lowest BCUT2D eigenvalue weighted by Crippen LogP contribution is -1.86. The maximum Gasteiger partial charge on any atom is -0.0103 e. The molecule has 0 spiro atoms. The molecule has 0 aliphatic heterocycles. The van der Waals surface area contributed by atoms with Crippen LogP contribution in [0.1, 0.15) is 25.0 Å². The van der Waals surface area contributed by atoms with Crippen molar-refractivity contribution in [3.8, 4) is 0 Å². The van der Waals surface area contributed by atoms with E-state index >= 15 is 0 Å². The summed E-state index contributed by atoms with van der Waals surface area (Å²) in [6, 6.07) is 12.7. The molecular formula is C16H16. The van der Waals surface area contributed by atoms with Gasteiger partial charge in [0.1, 0.15) is 0 Å². The lowest BCUT2D eigenvalue weighted by atomic mass is 9.95. The Kier molecular flexibility index (Phi) is 2.66. The van der Waals surface area contributed by atoms with Gasteiger partial charge in [-0.2, -0.15) is 0 Å². The van der Waals surface area contributed by atoms with Gasteiger partial charge in [-0.05, 0) is 35.7 Å². The zero-order valence-corrected chi connectivity index (χ0v) is 9.88. The highest BCUT2D eigenvalue weighted by molar-refractivity contribution is 5.99. The molecule has 0 N–H and O–H groups in total. The molecule has 0 amide bonds. The van der Waals surface area contributed by atoms with Gasteiger partial charge in [0.2, 0.25) is 0 Å². The van der Waals surface area contributed by atoms with E-state index in [-0.39, 0.29) is 0 Å². The Hall–Kier alpha value is -1.82. The maximum atomic E-state index is 4.03. The molecule has 0 unspecified atom stereocenters. The molecule has 0 aliphatic carbocycles. The van der Waals surface area contributed by atoms with Crippen LogP contribution in [-0.4, -0.2) is 0 Å². The van der Waals surface area contributed by atoms with E-state index in [1.165, 1.54) is 21.9 Å². The minimum absolute atomic E-state index is 1.10. The van der Waals surface area contributed by atoms with Crippen molar-refractivity contribution in [3.05, 3.63) is 60.7 Å². The van der Waals surface area contributed by atoms with Crippen LogP contribution in [0.25, 0.3) is 21.9 Å². The Morgan fingerprint density at radius 1 is 0.750 bits per heavy atom. The number of hydrogen-bond acceptors (Lipinski definition) is 0. The van der Waals surface area contributed by atoms with Gasteiger partial charge in [-0.25, -0.2) is 0 Å². The third-order valence-corrected chi connectivity index (χ3v) is 2.84. The molecule has 80 valence electrons. The minimum atomic E-state index is 1.10. The zero-order valence-electron chi connectivity index (χ0n) is 9.88. The Bertz CT molecular complexity index is 520. The second kappa shape index (κ2) is 3.97. The fourth-order valence-corrected chi connectivity index (χ4v) is 2.05. The molecule has 2 aromatic rings. The molecule has 0 atom stereocenters. The van der Waals surface area contributed by atoms with Crippen molar-refractivity contribution in [2.75, 3.05) is 0 Å². The average Bonchev–Trinajstić information content (AvgIpc) is 2.27. The molecule has 2 rings (SSSR count). The van der Waals surface area contributed by atoms with E-state index in [1.54, 1.807) is 0 Å². The fraction of sp³-hybridized carbons (Fsp3) is 0.125. The number of benzene rings is 2. The lowest BCUT2D eigenvalue weighted by Gasteiger charge is -2.10. The second-order valence-electron chi connectivity index (χ2n) is 4.27. The first-order valence-corrected chi connectivity index (χ1v) is 5.45. The zero-order chi connectivity index (χ0) is 11.7. The predicted octanol–water partition coefficient (Wildman–Crippen LogP) is 4.91. The van der Waals surface area contributed by atoms with Crippen LogP contribution in [0.4, 0.5) is 0 Å². The summed E-state index contributed by atoms with van der Waals surface area (Å²) in [5, 5.41) is 2.52. The van der Waals surface area contributed by atoms with Gasteiger partial charge in [0.25, 0.3) is 0 Å². The van der Waals surface area contributed by atoms with Crippen LogP contribution in [0.2, 0.25) is 0 Å². The van der Waals surface area contributed by atoms with Gasteiger partial charge in [-0.1, -0.05) is 60.7 Å². The molecule has 0 nitrogen and oxygen atoms in total. The molecule has 2 aromatic carbocycles. The SMILES string of the molecule is C=C(C)c1cccc2c(C(=C)C)cccc12. The summed E-state index contributed by atoms with van der Waals surface area (Å²) in [6.07, 6.45) is 0. The Morgan fingerprint density at radius 2 is 1.12 bits per heavy atom. The van der Waals surface area contributed by atoms with Crippen molar-refractivity contribution < 1.29 is 0 Å². The monoisotopic (exact) mass is 208 g/mol. The highest BCUT2D eigenvalue weighted by atomic mass is 14.1. The van der Waals surface area contributed by atoms with Crippen molar-refractivity contribution in [3.63, 3.8) is 0 Å². The summed E-state index contributed by atoms with van der Waals surface area (Å²) >= 11 is 0. The topological polar surface area (TPSA) is 0 Å². The average molecular weight is 208 g/mol. The molecule has 0 saturated carbocycles. The van der Waals surface area contributed by atoms with Gasteiger partial charge in [-0.3, -0.25) is 0 Å². The lowest BCUT2D eigenvalue weighted by molar-refractivity contribution is 1.59. The molecule has 0 bridgehead atoms. The van der Waals surface area contributed by atoms with Crippen molar-refractivity contribution in [1.29, 1.82) is 0 Å². The minimum Gasteiger partial charge on any atom is -0.0955 e. The summed E-state index contributed by atoms with van der Waals surface area (Å²) in [4.78, 5) is 0. The Balaban J connectivity index is 2.86. The van der Waals surface area contributed by atoms with E-state index in [9.17, 15) is 0 Å². The molecule has 0 aliphatic rings. The van der Waals surface area contributed by atoms with E-state index in [2.05, 4.69) is 49.6 Å². The first kappa shape index (κ1) is 10.7. The molecule has 0 heteroatoms. The fourth-order valence-electron chi connectivity index (χ4n) is 2.05. The van der Waals surface area contributed by atoms with Gasteiger partial charge in [0, 0.05) is 0 Å². The number of fused-ring (bicyclic) bond motifs is 1. The van der Waals surface area contributed by atoms with E-state index in [0.717, 1.165) is 11.1 Å². The van der Waals surface area contributed by atoms with Crippen LogP contribution in [-0.2, 0) is 0 Å². The van der Waals surface area contributed by atoms with E-state index in [0.29, 0.717) is 0 Å². The molecule has 16 heavy (non-hydrogen) atoms. The van der Waals surface area contributed by atoms with E-state index in [1.807, 2.05) is 13.8 Å². The van der Waals surface area contributed by atoms with Crippen LogP contribution in [0.3, 0.4) is 0 Å². The smallest absolute Gasteiger partial charge is 0.0103 e. The first-order valence-electron chi connectivity index (χ1n) is 5.45. The van der Waals surface area contributed by atoms with E-state index in [4.69, 9.17) is 0 Å². The number of hydrogen-bond donors (Lipinski definition) is 0. The predicted molar refractivity (Wildman–Crippen MR) is 73.4 cm³/mol. The third kappa shape index (κ3) is 1.67. The summed E-state index contributed by atoms with van der Waals surface area (Å²) in [5.74, 6) is 0. The highest BCUT2D eigenvalue weighted by Crippen LogP contribution is 2.29. The summed E-state index contributed by atoms with van der Waals surface area (Å²) in [6.45, 7) is 12.1. The standard InChI is InChI=1S/C16H16/c1-11(2)13-7-5-10-16-14(12(3)4)8-6-9-15(13)16/h5-10H,1,3H2,2,4H3. The molecule has 0 fully saturated rings.